The highest BCUT2D eigenvalue weighted by Gasteiger charge is 2.26. The van der Waals surface area contributed by atoms with E-state index in [1.165, 1.54) is 11.3 Å². The number of H-pyrrole nitrogens is 1. The van der Waals surface area contributed by atoms with E-state index in [1.807, 2.05) is 18.0 Å². The van der Waals surface area contributed by atoms with E-state index in [0.717, 1.165) is 60.1 Å². The minimum Gasteiger partial charge on any atom is -0.343 e. The van der Waals surface area contributed by atoms with Crippen LogP contribution in [0.5, 0.6) is 0 Å². The van der Waals surface area contributed by atoms with E-state index < -0.39 is 0 Å². The summed E-state index contributed by atoms with van der Waals surface area (Å²) in [5.41, 5.74) is 4.25. The number of aryl methyl sites for hydroxylation is 1. The Morgan fingerprint density at radius 2 is 2.23 bits per heavy atom. The number of nitrogens with zero attached hydrogens (tertiary/aromatic N) is 5. The lowest BCUT2D eigenvalue weighted by atomic mass is 9.93. The third-order valence-corrected chi connectivity index (χ3v) is 5.61. The third kappa shape index (κ3) is 3.50. The average molecular weight is 368 g/mol. The zero-order valence-corrected chi connectivity index (χ0v) is 15.4. The maximum absolute atomic E-state index is 12.7. The number of hydrogen-bond acceptors (Lipinski definition) is 6. The standard InChI is InChI=1S/C18H20N6OS/c1-12-16(26-11-23-12)18(25)24-6-2-3-13(10-24)7-14-8-22-15(9-21-14)17-19-4-5-20-17/h4-5,8-9,11,13H,2-3,6-7,10H2,1H3,(H,19,20)/t13-/m1/s1. The van der Waals surface area contributed by atoms with Crippen molar-refractivity contribution in [2.24, 2.45) is 5.92 Å². The summed E-state index contributed by atoms with van der Waals surface area (Å²) in [7, 11) is 0. The SMILES string of the molecule is Cc1ncsc1C(=O)N1CCC[C@H](Cc2cnc(-c3ncc[nH]3)cn2)C1. The Kier molecular flexibility index (Phi) is 4.75. The average Bonchev–Trinajstić information content (AvgIpc) is 3.34. The van der Waals surface area contributed by atoms with Crippen LogP contribution >= 0.6 is 11.3 Å². The van der Waals surface area contributed by atoms with Crippen molar-refractivity contribution >= 4 is 17.2 Å². The molecule has 26 heavy (non-hydrogen) atoms. The summed E-state index contributed by atoms with van der Waals surface area (Å²) in [6, 6.07) is 0. The Balaban J connectivity index is 1.40. The summed E-state index contributed by atoms with van der Waals surface area (Å²) < 4.78 is 0. The zero-order chi connectivity index (χ0) is 17.9. The fourth-order valence-corrected chi connectivity index (χ4v) is 4.12. The van der Waals surface area contributed by atoms with Gasteiger partial charge >= 0.3 is 0 Å². The molecule has 0 bridgehead atoms. The molecule has 1 aliphatic rings. The van der Waals surface area contributed by atoms with Gasteiger partial charge in [-0.15, -0.1) is 11.3 Å². The molecular weight excluding hydrogens is 348 g/mol. The molecule has 1 N–H and O–H groups in total. The summed E-state index contributed by atoms with van der Waals surface area (Å²) in [5, 5.41) is 0. The van der Waals surface area contributed by atoms with E-state index in [-0.39, 0.29) is 5.91 Å². The predicted octanol–water partition coefficient (Wildman–Crippen LogP) is 2.73. The summed E-state index contributed by atoms with van der Waals surface area (Å²) in [4.78, 5) is 35.8. The zero-order valence-electron chi connectivity index (χ0n) is 14.6. The lowest BCUT2D eigenvalue weighted by Gasteiger charge is -2.32. The highest BCUT2D eigenvalue weighted by Crippen LogP contribution is 2.24. The van der Waals surface area contributed by atoms with Gasteiger partial charge in [-0.05, 0) is 32.1 Å². The van der Waals surface area contributed by atoms with Crippen molar-refractivity contribution in [3.63, 3.8) is 0 Å². The van der Waals surface area contributed by atoms with Crippen molar-refractivity contribution in [1.29, 1.82) is 0 Å². The Morgan fingerprint density at radius 1 is 1.31 bits per heavy atom. The molecule has 1 atom stereocenters. The van der Waals surface area contributed by atoms with E-state index in [2.05, 4.69) is 24.9 Å². The maximum Gasteiger partial charge on any atom is 0.265 e. The molecular formula is C18H20N6OS. The van der Waals surface area contributed by atoms with Crippen molar-refractivity contribution in [3.8, 4) is 11.5 Å². The predicted molar refractivity (Wildman–Crippen MR) is 98.8 cm³/mol. The second kappa shape index (κ2) is 7.33. The summed E-state index contributed by atoms with van der Waals surface area (Å²) in [5.74, 6) is 1.23. The highest BCUT2D eigenvalue weighted by atomic mass is 32.1. The minimum absolute atomic E-state index is 0.106. The Morgan fingerprint density at radius 3 is 2.92 bits per heavy atom. The molecule has 1 amide bonds. The number of likely N-dealkylation sites (tertiary alicyclic amines) is 1. The molecule has 4 rings (SSSR count). The van der Waals surface area contributed by atoms with E-state index in [1.54, 1.807) is 24.1 Å². The van der Waals surface area contributed by atoms with Crippen LogP contribution in [0.25, 0.3) is 11.5 Å². The van der Waals surface area contributed by atoms with Gasteiger partial charge in [-0.25, -0.2) is 15.0 Å². The summed E-state index contributed by atoms with van der Waals surface area (Å²) in [6.45, 7) is 3.47. The molecule has 1 fully saturated rings. The van der Waals surface area contributed by atoms with Crippen molar-refractivity contribution in [3.05, 3.63) is 46.6 Å². The molecule has 7 nitrogen and oxygen atoms in total. The van der Waals surface area contributed by atoms with Gasteiger partial charge in [0.15, 0.2) is 5.82 Å². The minimum atomic E-state index is 0.106. The van der Waals surface area contributed by atoms with E-state index in [0.29, 0.717) is 5.92 Å². The number of hydrogen-bond donors (Lipinski definition) is 1. The summed E-state index contributed by atoms with van der Waals surface area (Å²) >= 11 is 1.42. The Labute approximate surface area is 155 Å². The Hall–Kier alpha value is -2.61. The van der Waals surface area contributed by atoms with Crippen LogP contribution in [0.2, 0.25) is 0 Å². The highest BCUT2D eigenvalue weighted by molar-refractivity contribution is 7.11. The number of nitrogens with one attached hydrogen (secondary N) is 1. The molecule has 1 aliphatic heterocycles. The van der Waals surface area contributed by atoms with E-state index in [4.69, 9.17) is 0 Å². The first-order valence-electron chi connectivity index (χ1n) is 8.70. The van der Waals surface area contributed by atoms with Crippen LogP contribution in [-0.4, -0.2) is 48.8 Å². The van der Waals surface area contributed by atoms with Crippen LogP contribution < -0.4 is 0 Å². The van der Waals surface area contributed by atoms with Gasteiger partial charge in [0.25, 0.3) is 5.91 Å². The van der Waals surface area contributed by atoms with Crippen molar-refractivity contribution in [2.45, 2.75) is 26.2 Å². The number of aromatic amines is 1. The molecule has 0 aromatic carbocycles. The molecule has 0 radical (unpaired) electrons. The number of rotatable bonds is 4. The third-order valence-electron chi connectivity index (χ3n) is 4.69. The first-order chi connectivity index (χ1) is 12.7. The van der Waals surface area contributed by atoms with Crippen molar-refractivity contribution in [1.82, 2.24) is 29.8 Å². The van der Waals surface area contributed by atoms with Gasteiger partial charge in [0.2, 0.25) is 0 Å². The number of carbonyl (C=O) groups excluding carboxylic acids is 1. The van der Waals surface area contributed by atoms with Gasteiger partial charge in [0.05, 0.1) is 23.1 Å². The van der Waals surface area contributed by atoms with Crippen molar-refractivity contribution in [2.75, 3.05) is 13.1 Å². The van der Waals surface area contributed by atoms with E-state index in [9.17, 15) is 4.79 Å². The van der Waals surface area contributed by atoms with Crippen LogP contribution in [0.4, 0.5) is 0 Å². The number of thiazole rings is 1. The van der Waals surface area contributed by atoms with E-state index >= 15 is 0 Å². The fourth-order valence-electron chi connectivity index (χ4n) is 3.35. The van der Waals surface area contributed by atoms with Crippen LogP contribution in [-0.2, 0) is 6.42 Å². The lowest BCUT2D eigenvalue weighted by Crippen LogP contribution is -2.40. The van der Waals surface area contributed by atoms with Gasteiger partial charge in [-0.2, -0.15) is 0 Å². The molecule has 4 heterocycles. The monoisotopic (exact) mass is 368 g/mol. The summed E-state index contributed by atoms with van der Waals surface area (Å²) in [6.07, 6.45) is 9.98. The number of amides is 1. The van der Waals surface area contributed by atoms with Crippen LogP contribution in [0.1, 0.15) is 33.9 Å². The van der Waals surface area contributed by atoms with Gasteiger partial charge in [0, 0.05) is 31.7 Å². The van der Waals surface area contributed by atoms with Gasteiger partial charge in [-0.1, -0.05) is 0 Å². The molecule has 3 aromatic rings. The quantitative estimate of drug-likeness (QED) is 0.765. The molecule has 3 aromatic heterocycles. The van der Waals surface area contributed by atoms with Crippen molar-refractivity contribution < 1.29 is 4.79 Å². The Bertz CT molecular complexity index is 873. The normalized spacial score (nSPS) is 17.4. The molecule has 0 saturated carbocycles. The molecule has 0 aliphatic carbocycles. The van der Waals surface area contributed by atoms with Crippen LogP contribution in [0, 0.1) is 12.8 Å². The number of piperidine rings is 1. The maximum atomic E-state index is 12.7. The topological polar surface area (TPSA) is 87.7 Å². The van der Waals surface area contributed by atoms with Gasteiger partial charge in [-0.3, -0.25) is 9.78 Å². The number of carbonyl (C=O) groups is 1. The first-order valence-corrected chi connectivity index (χ1v) is 9.58. The fraction of sp³-hybridized carbons (Fsp3) is 0.389. The number of imidazole rings is 1. The second-order valence-corrected chi connectivity index (χ2v) is 7.42. The molecule has 0 spiro atoms. The van der Waals surface area contributed by atoms with Gasteiger partial charge < -0.3 is 9.88 Å². The van der Waals surface area contributed by atoms with Crippen LogP contribution in [0.3, 0.4) is 0 Å². The first kappa shape index (κ1) is 16.8. The number of aromatic nitrogens is 5. The molecule has 0 unspecified atom stereocenters. The largest absolute Gasteiger partial charge is 0.343 e. The van der Waals surface area contributed by atoms with Crippen LogP contribution in [0.15, 0.2) is 30.3 Å². The molecule has 8 heteroatoms. The molecule has 134 valence electrons. The van der Waals surface area contributed by atoms with Gasteiger partial charge in [0.1, 0.15) is 10.6 Å². The second-order valence-electron chi connectivity index (χ2n) is 6.56. The smallest absolute Gasteiger partial charge is 0.265 e. The molecule has 1 saturated heterocycles. The lowest BCUT2D eigenvalue weighted by molar-refractivity contribution is 0.0676.